The Kier molecular flexibility index (Phi) is 9.90. The predicted octanol–water partition coefficient (Wildman–Crippen LogP) is 3.78. The summed E-state index contributed by atoms with van der Waals surface area (Å²) in [5.41, 5.74) is 2.05. The Morgan fingerprint density at radius 1 is 1.12 bits per heavy atom. The van der Waals surface area contributed by atoms with Gasteiger partial charge >= 0.3 is 0 Å². The van der Waals surface area contributed by atoms with E-state index < -0.39 is 10.0 Å². The molecule has 1 heterocycles. The minimum Gasteiger partial charge on any atom is -0.497 e. The van der Waals surface area contributed by atoms with E-state index in [4.69, 9.17) is 9.47 Å². The number of methoxy groups -OCH3 is 1. The Hall–Kier alpha value is -3.60. The maximum absolute atomic E-state index is 13.5. The van der Waals surface area contributed by atoms with Crippen LogP contribution in [0.2, 0.25) is 0 Å². The van der Waals surface area contributed by atoms with Gasteiger partial charge in [0.1, 0.15) is 17.6 Å². The number of rotatable bonds is 10. The molecule has 41 heavy (non-hydrogen) atoms. The number of aliphatic hydroxyl groups excluding tert-OH is 1. The van der Waals surface area contributed by atoms with Crippen LogP contribution in [0.15, 0.2) is 77.7 Å². The summed E-state index contributed by atoms with van der Waals surface area (Å²) < 4.78 is 40.3. The molecular formula is C31H39N3O6S. The van der Waals surface area contributed by atoms with Crippen molar-refractivity contribution in [2.24, 2.45) is 5.92 Å². The van der Waals surface area contributed by atoms with Crippen LogP contribution in [0.5, 0.6) is 11.5 Å². The molecule has 1 amide bonds. The summed E-state index contributed by atoms with van der Waals surface area (Å²) >= 11 is 0. The van der Waals surface area contributed by atoms with Gasteiger partial charge in [-0.1, -0.05) is 37.3 Å². The highest BCUT2D eigenvalue weighted by atomic mass is 32.2. The van der Waals surface area contributed by atoms with Gasteiger partial charge in [-0.2, -0.15) is 0 Å². The van der Waals surface area contributed by atoms with E-state index in [1.54, 1.807) is 48.4 Å². The minimum absolute atomic E-state index is 0.0156. The molecule has 0 saturated heterocycles. The number of hydrogen-bond donors (Lipinski definition) is 2. The van der Waals surface area contributed by atoms with Gasteiger partial charge in [-0.15, -0.1) is 0 Å². The molecule has 3 aromatic rings. The number of nitrogens with one attached hydrogen (secondary N) is 1. The van der Waals surface area contributed by atoms with E-state index in [-0.39, 0.29) is 41.9 Å². The van der Waals surface area contributed by atoms with Gasteiger partial charge in [0, 0.05) is 36.8 Å². The Morgan fingerprint density at radius 3 is 2.49 bits per heavy atom. The van der Waals surface area contributed by atoms with Crippen molar-refractivity contribution < 1.29 is 27.8 Å². The summed E-state index contributed by atoms with van der Waals surface area (Å²) in [5.74, 6) is 1.13. The Balaban J connectivity index is 1.61. The van der Waals surface area contributed by atoms with Gasteiger partial charge in [0.2, 0.25) is 5.91 Å². The molecule has 2 N–H and O–H groups in total. The summed E-state index contributed by atoms with van der Waals surface area (Å²) in [4.78, 5) is 17.5. The zero-order valence-electron chi connectivity index (χ0n) is 24.0. The zero-order chi connectivity index (χ0) is 29.6. The van der Waals surface area contributed by atoms with Gasteiger partial charge < -0.3 is 19.5 Å². The molecule has 9 nitrogen and oxygen atoms in total. The van der Waals surface area contributed by atoms with E-state index in [0.29, 0.717) is 36.6 Å². The topological polar surface area (TPSA) is 108 Å². The van der Waals surface area contributed by atoms with Crippen LogP contribution in [-0.4, -0.2) is 75.2 Å². The number of ether oxygens (including phenoxy) is 2. The molecule has 3 atom stereocenters. The van der Waals surface area contributed by atoms with E-state index in [0.717, 1.165) is 11.3 Å². The second-order valence-corrected chi connectivity index (χ2v) is 12.4. The van der Waals surface area contributed by atoms with Crippen LogP contribution in [0.4, 0.5) is 5.69 Å². The first kappa shape index (κ1) is 30.4. The van der Waals surface area contributed by atoms with E-state index in [1.165, 1.54) is 12.1 Å². The average Bonchev–Trinajstić information content (AvgIpc) is 3.00. The molecule has 1 aliphatic rings. The lowest BCUT2D eigenvalue weighted by Crippen LogP contribution is -2.47. The second kappa shape index (κ2) is 13.4. The van der Waals surface area contributed by atoms with Crippen LogP contribution < -0.4 is 14.2 Å². The number of anilines is 1. The molecule has 0 radical (unpaired) electrons. The minimum atomic E-state index is -3.81. The molecule has 1 aliphatic heterocycles. The molecule has 0 aromatic heterocycles. The molecule has 10 heteroatoms. The van der Waals surface area contributed by atoms with Crippen molar-refractivity contribution in [3.8, 4) is 11.5 Å². The van der Waals surface area contributed by atoms with E-state index in [1.807, 2.05) is 45.2 Å². The molecule has 0 fully saturated rings. The van der Waals surface area contributed by atoms with Gasteiger partial charge in [-0.3, -0.25) is 14.4 Å². The Morgan fingerprint density at radius 2 is 1.83 bits per heavy atom. The molecule has 3 aromatic carbocycles. The first-order valence-corrected chi connectivity index (χ1v) is 15.2. The van der Waals surface area contributed by atoms with Gasteiger partial charge in [-0.05, 0) is 62.0 Å². The van der Waals surface area contributed by atoms with Crippen molar-refractivity contribution in [2.45, 2.75) is 43.9 Å². The normalized spacial score (nSPS) is 18.5. The first-order valence-electron chi connectivity index (χ1n) is 13.7. The van der Waals surface area contributed by atoms with Crippen molar-refractivity contribution >= 4 is 21.6 Å². The maximum Gasteiger partial charge on any atom is 0.261 e. The molecule has 4 rings (SSSR count). The largest absolute Gasteiger partial charge is 0.497 e. The Bertz CT molecular complexity index is 1420. The highest BCUT2D eigenvalue weighted by Crippen LogP contribution is 2.30. The molecule has 0 aliphatic carbocycles. The third-order valence-corrected chi connectivity index (χ3v) is 8.72. The number of amides is 1. The standard InChI is InChI=1S/C31H39N3O6S/c1-22-18-34(23(2)21-35)31(36)17-25-16-26(32-41(37,38)28-8-6-5-7-9-28)12-15-29(25)40-30(22)20-33(3)19-24-10-13-27(39-4)14-11-24/h5-16,22-23,30,32,35H,17-21H2,1-4H3/t22-,23-,30+/m1/s1. The lowest BCUT2D eigenvalue weighted by atomic mass is 10.0. The first-order chi connectivity index (χ1) is 19.6. The van der Waals surface area contributed by atoms with Crippen molar-refractivity contribution in [1.29, 1.82) is 0 Å². The monoisotopic (exact) mass is 581 g/mol. The van der Waals surface area contributed by atoms with Crippen molar-refractivity contribution in [3.05, 3.63) is 83.9 Å². The molecule has 0 unspecified atom stereocenters. The van der Waals surface area contributed by atoms with Crippen LogP contribution >= 0.6 is 0 Å². The lowest BCUT2D eigenvalue weighted by molar-refractivity contribution is -0.134. The fraction of sp³-hybridized carbons (Fsp3) is 0.387. The highest BCUT2D eigenvalue weighted by molar-refractivity contribution is 7.92. The number of carbonyl (C=O) groups is 1. The summed E-state index contributed by atoms with van der Waals surface area (Å²) in [5, 5.41) is 9.89. The van der Waals surface area contributed by atoms with Crippen LogP contribution in [0.1, 0.15) is 25.0 Å². The van der Waals surface area contributed by atoms with Crippen LogP contribution in [0.25, 0.3) is 0 Å². The smallest absolute Gasteiger partial charge is 0.261 e. The molecule has 220 valence electrons. The summed E-state index contributed by atoms with van der Waals surface area (Å²) in [7, 11) is -0.145. The Labute approximate surface area is 242 Å². The third-order valence-electron chi connectivity index (χ3n) is 7.33. The molecule has 0 bridgehead atoms. The van der Waals surface area contributed by atoms with Crippen LogP contribution in [0.3, 0.4) is 0 Å². The van der Waals surface area contributed by atoms with Crippen LogP contribution in [0, 0.1) is 5.92 Å². The number of carbonyl (C=O) groups excluding carboxylic acids is 1. The highest BCUT2D eigenvalue weighted by Gasteiger charge is 2.31. The van der Waals surface area contributed by atoms with E-state index >= 15 is 0 Å². The number of fused-ring (bicyclic) bond motifs is 1. The maximum atomic E-state index is 13.5. The quantitative estimate of drug-likeness (QED) is 0.375. The third kappa shape index (κ3) is 7.78. The molecular weight excluding hydrogens is 542 g/mol. The number of benzene rings is 3. The average molecular weight is 582 g/mol. The van der Waals surface area contributed by atoms with Gasteiger partial charge in [0.25, 0.3) is 10.0 Å². The number of hydrogen-bond acceptors (Lipinski definition) is 7. The van der Waals surface area contributed by atoms with Crippen molar-refractivity contribution in [2.75, 3.05) is 38.6 Å². The van der Waals surface area contributed by atoms with Gasteiger partial charge in [0.15, 0.2) is 0 Å². The van der Waals surface area contributed by atoms with E-state index in [2.05, 4.69) is 9.62 Å². The molecule has 0 spiro atoms. The van der Waals surface area contributed by atoms with Crippen molar-refractivity contribution in [3.63, 3.8) is 0 Å². The fourth-order valence-corrected chi connectivity index (χ4v) is 6.01. The summed E-state index contributed by atoms with van der Waals surface area (Å²) in [6.45, 7) is 5.40. The second-order valence-electron chi connectivity index (χ2n) is 10.7. The van der Waals surface area contributed by atoms with E-state index in [9.17, 15) is 18.3 Å². The molecule has 0 saturated carbocycles. The number of nitrogens with zero attached hydrogens (tertiary/aromatic N) is 2. The SMILES string of the molecule is COc1ccc(CN(C)C[C@@H]2Oc3ccc(NS(=O)(=O)c4ccccc4)cc3CC(=O)N([C@H](C)CO)C[C@H]2C)cc1. The van der Waals surface area contributed by atoms with Gasteiger partial charge in [-0.25, -0.2) is 8.42 Å². The van der Waals surface area contributed by atoms with Crippen molar-refractivity contribution in [1.82, 2.24) is 9.80 Å². The summed E-state index contributed by atoms with van der Waals surface area (Å²) in [6, 6.07) is 20.7. The lowest BCUT2D eigenvalue weighted by Gasteiger charge is -2.34. The summed E-state index contributed by atoms with van der Waals surface area (Å²) in [6.07, 6.45) is -0.259. The number of likely N-dealkylation sites (N-methyl/N-ethyl adjacent to an activating group) is 1. The zero-order valence-corrected chi connectivity index (χ0v) is 24.8. The number of sulfonamides is 1. The van der Waals surface area contributed by atoms with Gasteiger partial charge in [0.05, 0.1) is 31.1 Å². The van der Waals surface area contributed by atoms with Crippen LogP contribution in [-0.2, 0) is 27.8 Å². The number of aliphatic hydroxyl groups is 1. The fourth-order valence-electron chi connectivity index (χ4n) is 4.94. The predicted molar refractivity (Wildman–Crippen MR) is 159 cm³/mol.